The van der Waals surface area contributed by atoms with Crippen LogP contribution in [0.25, 0.3) is 0 Å². The third-order valence-electron chi connectivity index (χ3n) is 3.70. The van der Waals surface area contributed by atoms with E-state index in [-0.39, 0.29) is 11.5 Å². The fourth-order valence-electron chi connectivity index (χ4n) is 2.44. The van der Waals surface area contributed by atoms with E-state index >= 15 is 0 Å². The first-order valence-corrected chi connectivity index (χ1v) is 7.89. The Balaban J connectivity index is 2.07. The molecule has 0 aromatic carbocycles. The molecule has 2 heterocycles. The molecule has 1 aliphatic heterocycles. The maximum Gasteiger partial charge on any atom is 0.213 e. The monoisotopic (exact) mass is 292 g/mol. The van der Waals surface area contributed by atoms with Crippen molar-refractivity contribution < 1.29 is 9.47 Å². The zero-order valence-corrected chi connectivity index (χ0v) is 13.7. The first-order valence-electron chi connectivity index (χ1n) is 7.89. The van der Waals surface area contributed by atoms with Crippen LogP contribution in [0.4, 0.5) is 0 Å². The Labute approximate surface area is 128 Å². The number of nitrogens with one attached hydrogen (secondary N) is 1. The molecule has 0 radical (unpaired) electrons. The molecule has 1 N–H and O–H groups in total. The molecule has 0 spiro atoms. The minimum Gasteiger partial charge on any atom is -0.475 e. The molecule has 0 aliphatic carbocycles. The van der Waals surface area contributed by atoms with Crippen molar-refractivity contribution in [1.29, 1.82) is 0 Å². The summed E-state index contributed by atoms with van der Waals surface area (Å²) in [5.74, 6) is 0.710. The summed E-state index contributed by atoms with van der Waals surface area (Å²) in [6, 6.07) is 4.18. The summed E-state index contributed by atoms with van der Waals surface area (Å²) in [6.07, 6.45) is 3.70. The van der Waals surface area contributed by atoms with E-state index in [0.717, 1.165) is 25.3 Å². The van der Waals surface area contributed by atoms with Crippen molar-refractivity contribution in [3.8, 4) is 5.88 Å². The molecule has 21 heavy (non-hydrogen) atoms. The highest BCUT2D eigenvalue weighted by atomic mass is 16.5. The van der Waals surface area contributed by atoms with Gasteiger partial charge in [0.05, 0.1) is 11.8 Å². The van der Waals surface area contributed by atoms with Crippen LogP contribution in [-0.4, -0.2) is 31.3 Å². The summed E-state index contributed by atoms with van der Waals surface area (Å²) in [4.78, 5) is 4.67. The highest BCUT2D eigenvalue weighted by Gasteiger charge is 2.19. The number of hydrogen-bond acceptors (Lipinski definition) is 4. The summed E-state index contributed by atoms with van der Waals surface area (Å²) < 4.78 is 11.6. The average molecular weight is 292 g/mol. The molecule has 4 heteroatoms. The Hall–Kier alpha value is -1.13. The highest BCUT2D eigenvalue weighted by molar-refractivity contribution is 5.28. The number of rotatable bonds is 5. The smallest absolute Gasteiger partial charge is 0.213 e. The van der Waals surface area contributed by atoms with Gasteiger partial charge in [-0.15, -0.1) is 0 Å². The second-order valence-corrected chi connectivity index (χ2v) is 6.78. The highest BCUT2D eigenvalue weighted by Crippen LogP contribution is 2.24. The van der Waals surface area contributed by atoms with Crippen molar-refractivity contribution in [2.45, 2.75) is 58.1 Å². The molecule has 1 aromatic rings. The first kappa shape index (κ1) is 16.2. The van der Waals surface area contributed by atoms with E-state index in [9.17, 15) is 0 Å². The molecular weight excluding hydrogens is 264 g/mol. The van der Waals surface area contributed by atoms with Crippen molar-refractivity contribution in [2.24, 2.45) is 0 Å². The number of nitrogens with zero attached hydrogens (tertiary/aromatic N) is 1. The molecule has 1 atom stereocenters. The van der Waals surface area contributed by atoms with Crippen LogP contribution < -0.4 is 10.1 Å². The van der Waals surface area contributed by atoms with Gasteiger partial charge in [0.15, 0.2) is 0 Å². The SMILES string of the molecule is CNCc1cc(OCC2CCCCO2)nc(C(C)(C)C)c1. The van der Waals surface area contributed by atoms with Gasteiger partial charge in [-0.05, 0) is 37.9 Å². The van der Waals surface area contributed by atoms with Crippen LogP contribution in [0.15, 0.2) is 12.1 Å². The fourth-order valence-corrected chi connectivity index (χ4v) is 2.44. The van der Waals surface area contributed by atoms with E-state index in [4.69, 9.17) is 9.47 Å². The van der Waals surface area contributed by atoms with Crippen molar-refractivity contribution in [1.82, 2.24) is 10.3 Å². The van der Waals surface area contributed by atoms with Gasteiger partial charge in [0.2, 0.25) is 5.88 Å². The summed E-state index contributed by atoms with van der Waals surface area (Å²) >= 11 is 0. The molecule has 118 valence electrons. The minimum absolute atomic E-state index is 0.0171. The minimum atomic E-state index is 0.0171. The van der Waals surface area contributed by atoms with Gasteiger partial charge in [0, 0.05) is 24.6 Å². The standard InChI is InChI=1S/C17H28N2O2/c1-17(2,3)15-9-13(11-18-4)10-16(19-15)21-12-14-7-5-6-8-20-14/h9-10,14,18H,5-8,11-12H2,1-4H3. The van der Waals surface area contributed by atoms with Gasteiger partial charge in [-0.25, -0.2) is 4.98 Å². The van der Waals surface area contributed by atoms with Crippen LogP contribution in [0.1, 0.15) is 51.3 Å². The number of ether oxygens (including phenoxy) is 2. The van der Waals surface area contributed by atoms with Crippen molar-refractivity contribution in [2.75, 3.05) is 20.3 Å². The lowest BCUT2D eigenvalue weighted by Gasteiger charge is -2.23. The second-order valence-electron chi connectivity index (χ2n) is 6.78. The molecule has 2 rings (SSSR count). The zero-order chi connectivity index (χ0) is 15.3. The average Bonchev–Trinajstić information content (AvgIpc) is 2.45. The summed E-state index contributed by atoms with van der Waals surface area (Å²) in [5, 5.41) is 3.19. The Bertz CT molecular complexity index is 449. The number of hydrogen-bond donors (Lipinski definition) is 1. The van der Waals surface area contributed by atoms with Gasteiger partial charge in [-0.1, -0.05) is 20.8 Å². The molecule has 1 aromatic heterocycles. The molecule has 1 aliphatic rings. The predicted octanol–water partition coefficient (Wildman–Crippen LogP) is 3.05. The molecule has 4 nitrogen and oxygen atoms in total. The van der Waals surface area contributed by atoms with Gasteiger partial charge in [-0.2, -0.15) is 0 Å². The first-order chi connectivity index (χ1) is 9.99. The van der Waals surface area contributed by atoms with Crippen LogP contribution >= 0.6 is 0 Å². The zero-order valence-electron chi connectivity index (χ0n) is 13.7. The fraction of sp³-hybridized carbons (Fsp3) is 0.706. The Morgan fingerprint density at radius 3 is 2.76 bits per heavy atom. The maximum absolute atomic E-state index is 5.90. The van der Waals surface area contributed by atoms with Crippen LogP contribution in [0, 0.1) is 0 Å². The lowest BCUT2D eigenvalue weighted by atomic mass is 9.91. The van der Waals surface area contributed by atoms with Gasteiger partial charge in [0.1, 0.15) is 6.61 Å². The lowest BCUT2D eigenvalue weighted by Crippen LogP contribution is -2.26. The van der Waals surface area contributed by atoms with Crippen molar-refractivity contribution in [3.05, 3.63) is 23.4 Å². The van der Waals surface area contributed by atoms with Gasteiger partial charge >= 0.3 is 0 Å². The van der Waals surface area contributed by atoms with E-state index < -0.39 is 0 Å². The predicted molar refractivity (Wildman–Crippen MR) is 84.8 cm³/mol. The topological polar surface area (TPSA) is 43.4 Å². The van der Waals surface area contributed by atoms with E-state index in [0.29, 0.717) is 12.5 Å². The van der Waals surface area contributed by atoms with Crippen molar-refractivity contribution >= 4 is 0 Å². The maximum atomic E-state index is 5.90. The van der Waals surface area contributed by atoms with Gasteiger partial charge in [0.25, 0.3) is 0 Å². The van der Waals surface area contributed by atoms with Gasteiger partial charge < -0.3 is 14.8 Å². The normalized spacial score (nSPS) is 19.5. The van der Waals surface area contributed by atoms with E-state index in [2.05, 4.69) is 37.1 Å². The molecule has 1 unspecified atom stereocenters. The second kappa shape index (κ2) is 7.23. The quantitative estimate of drug-likeness (QED) is 0.906. The molecule has 0 bridgehead atoms. The lowest BCUT2D eigenvalue weighted by molar-refractivity contribution is -0.0120. The van der Waals surface area contributed by atoms with Crippen LogP contribution in [0.3, 0.4) is 0 Å². The van der Waals surface area contributed by atoms with E-state index in [1.807, 2.05) is 13.1 Å². The molecular formula is C17H28N2O2. The summed E-state index contributed by atoms with van der Waals surface area (Å²) in [5.41, 5.74) is 2.29. The van der Waals surface area contributed by atoms with E-state index in [1.54, 1.807) is 0 Å². The Kier molecular flexibility index (Phi) is 5.59. The van der Waals surface area contributed by atoms with E-state index in [1.165, 1.54) is 18.4 Å². The number of pyridine rings is 1. The van der Waals surface area contributed by atoms with Crippen LogP contribution in [0.2, 0.25) is 0 Å². The van der Waals surface area contributed by atoms with Crippen LogP contribution in [-0.2, 0) is 16.7 Å². The molecule has 0 saturated carbocycles. The van der Waals surface area contributed by atoms with Crippen LogP contribution in [0.5, 0.6) is 5.88 Å². The summed E-state index contributed by atoms with van der Waals surface area (Å²) in [7, 11) is 1.95. The Morgan fingerprint density at radius 2 is 2.14 bits per heavy atom. The van der Waals surface area contributed by atoms with Crippen molar-refractivity contribution in [3.63, 3.8) is 0 Å². The third-order valence-corrected chi connectivity index (χ3v) is 3.70. The third kappa shape index (κ3) is 4.97. The Morgan fingerprint density at radius 1 is 1.33 bits per heavy atom. The number of aromatic nitrogens is 1. The summed E-state index contributed by atoms with van der Waals surface area (Å²) in [6.45, 7) is 8.79. The van der Waals surface area contributed by atoms with Gasteiger partial charge in [-0.3, -0.25) is 0 Å². The largest absolute Gasteiger partial charge is 0.475 e. The molecule has 1 saturated heterocycles. The molecule has 0 amide bonds. The molecule has 1 fully saturated rings.